The highest BCUT2D eigenvalue weighted by Crippen LogP contribution is 2.18. The Bertz CT molecular complexity index is 222. The minimum atomic E-state index is -4.83. The van der Waals surface area contributed by atoms with Crippen molar-refractivity contribution >= 4 is 17.4 Å². The molecule has 0 unspecified atom stereocenters. The van der Waals surface area contributed by atoms with Crippen LogP contribution in [0, 0.1) is 0 Å². The van der Waals surface area contributed by atoms with E-state index in [9.17, 15) is 18.0 Å². The van der Waals surface area contributed by atoms with Gasteiger partial charge in [-0.25, -0.2) is 0 Å². The van der Waals surface area contributed by atoms with Gasteiger partial charge in [0.15, 0.2) is 0 Å². The van der Waals surface area contributed by atoms with Gasteiger partial charge in [-0.1, -0.05) is 0 Å². The summed E-state index contributed by atoms with van der Waals surface area (Å²) in [5.41, 5.74) is 0.129. The lowest BCUT2D eigenvalue weighted by Gasteiger charge is -2.14. The van der Waals surface area contributed by atoms with Gasteiger partial charge in [-0.15, -0.1) is 11.6 Å². The first-order chi connectivity index (χ1) is 5.79. The van der Waals surface area contributed by atoms with Crippen LogP contribution >= 0.6 is 11.6 Å². The van der Waals surface area contributed by atoms with E-state index in [0.29, 0.717) is 6.08 Å². The van der Waals surface area contributed by atoms with Crippen LogP contribution in [0.2, 0.25) is 0 Å². The lowest BCUT2D eigenvalue weighted by molar-refractivity contribution is -0.165. The monoisotopic (exact) mass is 215 g/mol. The first-order valence-electron chi connectivity index (χ1n) is 3.34. The van der Waals surface area contributed by atoms with Gasteiger partial charge in [0.05, 0.1) is 5.88 Å². The molecule has 0 saturated carbocycles. The molecule has 13 heavy (non-hydrogen) atoms. The third kappa shape index (κ3) is 4.17. The van der Waals surface area contributed by atoms with Crippen LogP contribution in [0.25, 0.3) is 0 Å². The number of hydrogen-bond donors (Lipinski definition) is 0. The number of carbonyl (C=O) groups excluding carboxylic acids is 1. The Balaban J connectivity index is 4.62. The highest BCUT2D eigenvalue weighted by Gasteiger charge is 2.36. The van der Waals surface area contributed by atoms with E-state index in [-0.39, 0.29) is 11.6 Å². The highest BCUT2D eigenvalue weighted by atomic mass is 35.5. The molecule has 0 aromatic rings. The maximum absolute atomic E-state index is 11.8. The number of ketones is 1. The van der Waals surface area contributed by atoms with Crippen molar-refractivity contribution in [2.45, 2.75) is 6.18 Å². The van der Waals surface area contributed by atoms with Crippen LogP contribution in [0.3, 0.4) is 0 Å². The molecule has 0 aliphatic carbocycles. The van der Waals surface area contributed by atoms with Crippen molar-refractivity contribution in [2.24, 2.45) is 0 Å². The second-order valence-electron chi connectivity index (χ2n) is 2.53. The van der Waals surface area contributed by atoms with Crippen LogP contribution in [0.5, 0.6) is 0 Å². The van der Waals surface area contributed by atoms with E-state index < -0.39 is 12.0 Å². The molecule has 0 bridgehead atoms. The standard InChI is InChI=1S/C7H9ClF3NO/c1-12(2)5(4-8)3-6(13)7(9,10)11/h3H,4H2,1-2H3/b5-3-. The van der Waals surface area contributed by atoms with Crippen LogP contribution in [0.15, 0.2) is 11.8 Å². The van der Waals surface area contributed by atoms with Gasteiger partial charge < -0.3 is 4.90 Å². The number of rotatable bonds is 3. The van der Waals surface area contributed by atoms with Gasteiger partial charge in [0.1, 0.15) is 0 Å². The SMILES string of the molecule is CN(C)/C(=C\C(=O)C(F)(F)F)CCl. The fraction of sp³-hybridized carbons (Fsp3) is 0.571. The van der Waals surface area contributed by atoms with Gasteiger partial charge in [-0.2, -0.15) is 13.2 Å². The van der Waals surface area contributed by atoms with Gasteiger partial charge in [0.25, 0.3) is 5.78 Å². The van der Waals surface area contributed by atoms with Crippen LogP contribution in [-0.2, 0) is 4.79 Å². The molecule has 6 heteroatoms. The summed E-state index contributed by atoms with van der Waals surface area (Å²) in [5.74, 6) is -2.02. The molecule has 0 amide bonds. The Morgan fingerprint density at radius 2 is 1.92 bits per heavy atom. The van der Waals surface area contributed by atoms with E-state index in [2.05, 4.69) is 0 Å². The van der Waals surface area contributed by atoms with E-state index in [1.165, 1.54) is 19.0 Å². The predicted octanol–water partition coefficient (Wildman–Crippen LogP) is 1.80. The molecule has 0 heterocycles. The van der Waals surface area contributed by atoms with E-state index >= 15 is 0 Å². The topological polar surface area (TPSA) is 20.3 Å². The molecule has 0 aromatic carbocycles. The molecule has 0 saturated heterocycles. The summed E-state index contributed by atoms with van der Waals surface area (Å²) in [5, 5.41) is 0. The van der Waals surface area contributed by atoms with Gasteiger partial charge in [0, 0.05) is 25.9 Å². The van der Waals surface area contributed by atoms with Gasteiger partial charge >= 0.3 is 6.18 Å². The van der Waals surface area contributed by atoms with Gasteiger partial charge in [-0.3, -0.25) is 4.79 Å². The number of nitrogens with zero attached hydrogens (tertiary/aromatic N) is 1. The van der Waals surface area contributed by atoms with E-state index in [0.717, 1.165) is 0 Å². The third-order valence-electron chi connectivity index (χ3n) is 1.29. The van der Waals surface area contributed by atoms with Crippen molar-refractivity contribution in [1.82, 2.24) is 4.90 Å². The predicted molar refractivity (Wildman–Crippen MR) is 43.6 cm³/mol. The van der Waals surface area contributed by atoms with E-state index in [1.54, 1.807) is 0 Å². The number of alkyl halides is 4. The normalized spacial score (nSPS) is 12.9. The lowest BCUT2D eigenvalue weighted by atomic mass is 10.3. The Morgan fingerprint density at radius 1 is 1.46 bits per heavy atom. The molecule has 2 nitrogen and oxygen atoms in total. The maximum Gasteiger partial charge on any atom is 0.454 e. The second kappa shape index (κ2) is 4.50. The summed E-state index contributed by atoms with van der Waals surface area (Å²) in [6.07, 6.45) is -4.33. The molecule has 0 fully saturated rings. The molecular formula is C7H9ClF3NO. The summed E-state index contributed by atoms with van der Waals surface area (Å²) < 4.78 is 35.3. The van der Waals surface area contributed by atoms with Crippen molar-refractivity contribution in [3.8, 4) is 0 Å². The van der Waals surface area contributed by atoms with Crippen LogP contribution in [0.1, 0.15) is 0 Å². The van der Waals surface area contributed by atoms with Crippen molar-refractivity contribution in [3.05, 3.63) is 11.8 Å². The van der Waals surface area contributed by atoms with E-state index in [4.69, 9.17) is 11.6 Å². The van der Waals surface area contributed by atoms with Gasteiger partial charge in [0.2, 0.25) is 0 Å². The summed E-state index contributed by atoms with van der Waals surface area (Å²) in [4.78, 5) is 11.8. The minimum Gasteiger partial charge on any atom is -0.380 e. The molecule has 0 radical (unpaired) electrons. The molecule has 0 rings (SSSR count). The number of carbonyl (C=O) groups is 1. The Morgan fingerprint density at radius 3 is 2.15 bits per heavy atom. The fourth-order valence-electron chi connectivity index (χ4n) is 0.520. The van der Waals surface area contributed by atoms with Crippen molar-refractivity contribution in [3.63, 3.8) is 0 Å². The van der Waals surface area contributed by atoms with Crippen molar-refractivity contribution in [2.75, 3.05) is 20.0 Å². The Hall–Kier alpha value is -0.710. The third-order valence-corrected chi connectivity index (χ3v) is 1.56. The molecule has 0 spiro atoms. The second-order valence-corrected chi connectivity index (χ2v) is 2.79. The molecule has 76 valence electrons. The molecular weight excluding hydrogens is 207 g/mol. The first-order valence-corrected chi connectivity index (χ1v) is 3.87. The summed E-state index contributed by atoms with van der Waals surface area (Å²) in [6.45, 7) is 0. The van der Waals surface area contributed by atoms with Crippen molar-refractivity contribution in [1.29, 1.82) is 0 Å². The minimum absolute atomic E-state index is 0.129. The molecule has 0 aliphatic rings. The average molecular weight is 216 g/mol. The largest absolute Gasteiger partial charge is 0.454 e. The molecule has 0 N–H and O–H groups in total. The van der Waals surface area contributed by atoms with Crippen LogP contribution < -0.4 is 0 Å². The van der Waals surface area contributed by atoms with Crippen LogP contribution in [-0.4, -0.2) is 36.8 Å². The Kier molecular flexibility index (Phi) is 4.26. The zero-order valence-corrected chi connectivity index (χ0v) is 7.91. The number of halogens is 4. The zero-order chi connectivity index (χ0) is 10.6. The average Bonchev–Trinajstić information content (AvgIpc) is 1.96. The molecule has 0 aliphatic heterocycles. The quantitative estimate of drug-likeness (QED) is 0.529. The summed E-state index contributed by atoms with van der Waals surface area (Å²) >= 11 is 5.33. The number of allylic oxidation sites excluding steroid dienone is 2. The van der Waals surface area contributed by atoms with Crippen molar-refractivity contribution < 1.29 is 18.0 Å². The summed E-state index contributed by atoms with van der Waals surface area (Å²) in [7, 11) is 3.02. The van der Waals surface area contributed by atoms with Gasteiger partial charge in [-0.05, 0) is 0 Å². The Labute approximate surface area is 79.0 Å². The lowest BCUT2D eigenvalue weighted by Crippen LogP contribution is -2.23. The molecule has 0 aromatic heterocycles. The summed E-state index contributed by atoms with van der Waals surface area (Å²) in [6, 6.07) is 0. The zero-order valence-electron chi connectivity index (χ0n) is 7.15. The van der Waals surface area contributed by atoms with E-state index in [1.807, 2.05) is 0 Å². The fourth-order valence-corrected chi connectivity index (χ4v) is 0.837. The smallest absolute Gasteiger partial charge is 0.380 e. The highest BCUT2D eigenvalue weighted by molar-refractivity contribution is 6.19. The first kappa shape index (κ1) is 12.3. The maximum atomic E-state index is 11.8. The number of hydrogen-bond acceptors (Lipinski definition) is 2. The van der Waals surface area contributed by atoms with Crippen LogP contribution in [0.4, 0.5) is 13.2 Å². The molecule has 0 atom stereocenters.